The van der Waals surface area contributed by atoms with Gasteiger partial charge in [0.2, 0.25) is 0 Å². The summed E-state index contributed by atoms with van der Waals surface area (Å²) >= 11 is 5.97. The highest BCUT2D eigenvalue weighted by Crippen LogP contribution is 2.19. The fourth-order valence-electron chi connectivity index (χ4n) is 3.30. The molecule has 0 saturated carbocycles. The van der Waals surface area contributed by atoms with Crippen LogP contribution in [0.3, 0.4) is 0 Å². The highest BCUT2D eigenvalue weighted by Gasteiger charge is 2.12. The third-order valence-electron chi connectivity index (χ3n) is 4.69. The predicted octanol–water partition coefficient (Wildman–Crippen LogP) is 5.83. The first kappa shape index (κ1) is 18.2. The molecule has 138 valence electrons. The number of fused-ring (bicyclic) bond motifs is 1. The average Bonchev–Trinajstić information content (AvgIpc) is 2.69. The van der Waals surface area contributed by atoms with E-state index >= 15 is 0 Å². The van der Waals surface area contributed by atoms with Crippen LogP contribution in [0.5, 0.6) is 0 Å². The fourth-order valence-corrected chi connectivity index (χ4v) is 3.42. The topological polar surface area (TPSA) is 34.9 Å². The van der Waals surface area contributed by atoms with E-state index in [-0.39, 0.29) is 5.56 Å². The zero-order valence-electron chi connectivity index (χ0n) is 15.7. The Labute approximate surface area is 168 Å². The highest BCUT2D eigenvalue weighted by molar-refractivity contribution is 6.30. The van der Waals surface area contributed by atoms with E-state index in [9.17, 15) is 4.79 Å². The molecular weight excluding hydrogens is 368 g/mol. The Balaban J connectivity index is 1.95. The van der Waals surface area contributed by atoms with Gasteiger partial charge in [0.25, 0.3) is 5.56 Å². The van der Waals surface area contributed by atoms with Gasteiger partial charge in [-0.1, -0.05) is 59.6 Å². The smallest absolute Gasteiger partial charge is 0.266 e. The van der Waals surface area contributed by atoms with Crippen molar-refractivity contribution in [3.05, 3.63) is 105 Å². The van der Waals surface area contributed by atoms with Crippen molar-refractivity contribution in [3.63, 3.8) is 0 Å². The second-order valence-electron chi connectivity index (χ2n) is 6.80. The number of hydrogen-bond acceptors (Lipinski definition) is 2. The zero-order valence-corrected chi connectivity index (χ0v) is 16.4. The molecule has 0 saturated heterocycles. The van der Waals surface area contributed by atoms with Crippen LogP contribution in [0.4, 0.5) is 0 Å². The van der Waals surface area contributed by atoms with Gasteiger partial charge >= 0.3 is 0 Å². The molecule has 0 amide bonds. The summed E-state index contributed by atoms with van der Waals surface area (Å²) in [5, 5.41) is 1.29. The first-order chi connectivity index (χ1) is 13.5. The first-order valence-corrected chi connectivity index (χ1v) is 9.44. The van der Waals surface area contributed by atoms with E-state index in [2.05, 4.69) is 6.07 Å². The predicted molar refractivity (Wildman–Crippen MR) is 117 cm³/mol. The van der Waals surface area contributed by atoms with Gasteiger partial charge in [-0.3, -0.25) is 9.36 Å². The van der Waals surface area contributed by atoms with Gasteiger partial charge in [0.1, 0.15) is 5.82 Å². The van der Waals surface area contributed by atoms with Crippen molar-refractivity contribution in [1.82, 2.24) is 9.55 Å². The number of para-hydroxylation sites is 1. The number of halogens is 1. The van der Waals surface area contributed by atoms with Crippen LogP contribution in [0.15, 0.2) is 71.5 Å². The van der Waals surface area contributed by atoms with E-state index < -0.39 is 0 Å². The quantitative estimate of drug-likeness (QED) is 0.444. The summed E-state index contributed by atoms with van der Waals surface area (Å²) in [5.74, 6) is 0.589. The number of nitrogens with zero attached hydrogens (tertiary/aromatic N) is 2. The van der Waals surface area contributed by atoms with Crippen LogP contribution in [0, 0.1) is 13.8 Å². The molecule has 0 radical (unpaired) electrons. The Kier molecular flexibility index (Phi) is 4.84. The molecule has 1 heterocycles. The first-order valence-electron chi connectivity index (χ1n) is 9.06. The maximum atomic E-state index is 13.3. The minimum atomic E-state index is -0.0756. The Morgan fingerprint density at radius 1 is 0.929 bits per heavy atom. The summed E-state index contributed by atoms with van der Waals surface area (Å²) in [6, 6.07) is 21.0. The summed E-state index contributed by atoms with van der Waals surface area (Å²) in [6.45, 7) is 4.05. The molecule has 0 N–H and O–H groups in total. The molecule has 0 spiro atoms. The summed E-state index contributed by atoms with van der Waals surface area (Å²) in [7, 11) is 0. The Morgan fingerprint density at radius 3 is 2.43 bits per heavy atom. The number of rotatable bonds is 3. The van der Waals surface area contributed by atoms with Crippen molar-refractivity contribution in [3.8, 4) is 5.69 Å². The van der Waals surface area contributed by atoms with Gasteiger partial charge in [0.15, 0.2) is 0 Å². The SMILES string of the molecule is Cc1ccc(-n2c(C=Cc3ccc(Cl)cc3)nc3ccccc3c2=O)c(C)c1. The molecular formula is C24H19ClN2O. The van der Waals surface area contributed by atoms with Crippen molar-refractivity contribution in [2.45, 2.75) is 13.8 Å². The molecule has 0 aliphatic rings. The molecule has 0 bridgehead atoms. The number of benzene rings is 3. The zero-order chi connectivity index (χ0) is 19.7. The summed E-state index contributed by atoms with van der Waals surface area (Å²) in [5.41, 5.74) is 4.61. The lowest BCUT2D eigenvalue weighted by Crippen LogP contribution is -2.23. The third kappa shape index (κ3) is 3.49. The number of hydrogen-bond donors (Lipinski definition) is 0. The second-order valence-corrected chi connectivity index (χ2v) is 7.24. The summed E-state index contributed by atoms with van der Waals surface area (Å²) in [4.78, 5) is 18.1. The summed E-state index contributed by atoms with van der Waals surface area (Å²) in [6.07, 6.45) is 3.81. The van der Waals surface area contributed by atoms with Crippen LogP contribution >= 0.6 is 11.6 Å². The van der Waals surface area contributed by atoms with Gasteiger partial charge in [0, 0.05) is 5.02 Å². The van der Waals surface area contributed by atoms with Crippen molar-refractivity contribution in [1.29, 1.82) is 0 Å². The van der Waals surface area contributed by atoms with E-state index in [0.717, 1.165) is 22.4 Å². The van der Waals surface area contributed by atoms with Gasteiger partial charge in [-0.15, -0.1) is 0 Å². The molecule has 0 aliphatic heterocycles. The lowest BCUT2D eigenvalue weighted by atomic mass is 10.1. The molecule has 3 nitrogen and oxygen atoms in total. The molecule has 4 rings (SSSR count). The molecule has 0 fully saturated rings. The molecule has 4 heteroatoms. The standard InChI is InChI=1S/C24H19ClN2O/c1-16-7-13-22(17(2)15-16)27-23(14-10-18-8-11-19(25)12-9-18)26-21-6-4-3-5-20(21)24(27)28/h3-15H,1-2H3. The van der Waals surface area contributed by atoms with Crippen molar-refractivity contribution in [2.75, 3.05) is 0 Å². The maximum absolute atomic E-state index is 13.3. The molecule has 28 heavy (non-hydrogen) atoms. The van der Waals surface area contributed by atoms with Crippen LogP contribution < -0.4 is 5.56 Å². The minimum Gasteiger partial charge on any atom is -0.268 e. The van der Waals surface area contributed by atoms with Crippen molar-refractivity contribution in [2.24, 2.45) is 0 Å². The number of aromatic nitrogens is 2. The van der Waals surface area contributed by atoms with Gasteiger partial charge in [0.05, 0.1) is 16.6 Å². The molecule has 0 aliphatic carbocycles. The Bertz CT molecular complexity index is 1250. The molecule has 0 unspecified atom stereocenters. The molecule has 4 aromatic rings. The van der Waals surface area contributed by atoms with E-state index in [0.29, 0.717) is 21.7 Å². The Hall–Kier alpha value is -3.17. The van der Waals surface area contributed by atoms with Gasteiger partial charge < -0.3 is 0 Å². The van der Waals surface area contributed by atoms with E-state index in [1.54, 1.807) is 4.57 Å². The monoisotopic (exact) mass is 386 g/mol. The normalized spacial score (nSPS) is 11.4. The molecule has 0 atom stereocenters. The minimum absolute atomic E-state index is 0.0756. The largest absolute Gasteiger partial charge is 0.268 e. The summed E-state index contributed by atoms with van der Waals surface area (Å²) < 4.78 is 1.68. The Morgan fingerprint density at radius 2 is 1.68 bits per heavy atom. The van der Waals surface area contributed by atoms with E-state index in [1.807, 2.05) is 86.7 Å². The van der Waals surface area contributed by atoms with Crippen LogP contribution in [-0.4, -0.2) is 9.55 Å². The van der Waals surface area contributed by atoms with Crippen LogP contribution in [0.1, 0.15) is 22.5 Å². The van der Waals surface area contributed by atoms with E-state index in [4.69, 9.17) is 16.6 Å². The van der Waals surface area contributed by atoms with Crippen molar-refractivity contribution < 1.29 is 0 Å². The second kappa shape index (κ2) is 7.45. The van der Waals surface area contributed by atoms with Gasteiger partial charge in [-0.25, -0.2) is 4.98 Å². The lowest BCUT2D eigenvalue weighted by molar-refractivity contribution is 0.933. The number of aryl methyl sites for hydroxylation is 2. The van der Waals surface area contributed by atoms with Gasteiger partial charge in [-0.2, -0.15) is 0 Å². The van der Waals surface area contributed by atoms with Crippen molar-refractivity contribution >= 4 is 34.7 Å². The fraction of sp³-hybridized carbons (Fsp3) is 0.0833. The van der Waals surface area contributed by atoms with Crippen LogP contribution in [-0.2, 0) is 0 Å². The van der Waals surface area contributed by atoms with Gasteiger partial charge in [-0.05, 0) is 61.4 Å². The highest BCUT2D eigenvalue weighted by atomic mass is 35.5. The van der Waals surface area contributed by atoms with Crippen LogP contribution in [0.25, 0.3) is 28.7 Å². The molecule has 3 aromatic carbocycles. The van der Waals surface area contributed by atoms with E-state index in [1.165, 1.54) is 0 Å². The third-order valence-corrected chi connectivity index (χ3v) is 4.94. The van der Waals surface area contributed by atoms with Crippen LogP contribution in [0.2, 0.25) is 5.02 Å². The maximum Gasteiger partial charge on any atom is 0.266 e. The molecule has 1 aromatic heterocycles. The average molecular weight is 387 g/mol. The lowest BCUT2D eigenvalue weighted by Gasteiger charge is -2.14.